The lowest BCUT2D eigenvalue weighted by atomic mass is 10.1. The molecule has 9 heteroatoms. The van der Waals surface area contributed by atoms with Crippen molar-refractivity contribution in [2.75, 3.05) is 5.32 Å². The van der Waals surface area contributed by atoms with E-state index < -0.39 is 17.5 Å². The fourth-order valence-corrected chi connectivity index (χ4v) is 3.67. The van der Waals surface area contributed by atoms with Gasteiger partial charge in [-0.1, -0.05) is 30.3 Å². The molecule has 7 nitrogen and oxygen atoms in total. The van der Waals surface area contributed by atoms with E-state index in [-0.39, 0.29) is 24.1 Å². The van der Waals surface area contributed by atoms with Crippen LogP contribution in [0, 0.1) is 18.6 Å². The van der Waals surface area contributed by atoms with Crippen LogP contribution >= 0.6 is 0 Å². The number of nitrogens with zero attached hydrogens (tertiary/aromatic N) is 4. The van der Waals surface area contributed by atoms with E-state index in [0.717, 1.165) is 23.8 Å². The number of fused-ring (bicyclic) bond motifs is 1. The molecule has 4 aromatic rings. The molecule has 0 radical (unpaired) electrons. The third-order valence-corrected chi connectivity index (χ3v) is 5.22. The summed E-state index contributed by atoms with van der Waals surface area (Å²) in [5.74, 6) is -1.16. The normalized spacial score (nSPS) is 11.1. The van der Waals surface area contributed by atoms with Gasteiger partial charge in [0.15, 0.2) is 5.82 Å². The summed E-state index contributed by atoms with van der Waals surface area (Å²) in [7, 11) is 0. The summed E-state index contributed by atoms with van der Waals surface area (Å²) in [5.41, 5.74) is 1.60. The molecule has 4 rings (SSSR count). The number of hydrogen-bond acceptors (Lipinski definition) is 4. The molecule has 2 aromatic heterocycles. The summed E-state index contributed by atoms with van der Waals surface area (Å²) in [6.45, 7) is 4.30. The van der Waals surface area contributed by atoms with Crippen LogP contribution < -0.4 is 10.9 Å². The zero-order chi connectivity index (χ0) is 22.8. The highest BCUT2D eigenvalue weighted by molar-refractivity contribution is 5.90. The van der Waals surface area contributed by atoms with Gasteiger partial charge in [-0.15, -0.1) is 5.10 Å². The van der Waals surface area contributed by atoms with Gasteiger partial charge in [0.1, 0.15) is 11.6 Å². The maximum atomic E-state index is 13.3. The van der Waals surface area contributed by atoms with Gasteiger partial charge < -0.3 is 9.88 Å². The van der Waals surface area contributed by atoms with Gasteiger partial charge in [0.05, 0.1) is 0 Å². The molecule has 0 unspecified atom stereocenters. The molecule has 0 fully saturated rings. The van der Waals surface area contributed by atoms with Crippen LogP contribution in [-0.4, -0.2) is 25.1 Å². The van der Waals surface area contributed by atoms with Crippen molar-refractivity contribution in [1.29, 1.82) is 0 Å². The molecule has 2 aromatic carbocycles. The molecule has 2 heterocycles. The highest BCUT2D eigenvalue weighted by Gasteiger charge is 2.18. The van der Waals surface area contributed by atoms with Crippen molar-refractivity contribution in [3.05, 3.63) is 81.8 Å². The smallest absolute Gasteiger partial charge is 0.279 e. The minimum absolute atomic E-state index is 0.0226. The molecular formula is C23H21F2N5O2. The fourth-order valence-electron chi connectivity index (χ4n) is 3.67. The summed E-state index contributed by atoms with van der Waals surface area (Å²) in [6.07, 6.45) is 0.106. The molecule has 0 aliphatic rings. The Labute approximate surface area is 182 Å². The van der Waals surface area contributed by atoms with E-state index in [1.165, 1.54) is 4.52 Å². The van der Waals surface area contributed by atoms with Gasteiger partial charge in [-0.25, -0.2) is 8.78 Å². The Hall–Kier alpha value is -3.88. The molecule has 0 saturated carbocycles. The van der Waals surface area contributed by atoms with E-state index in [1.54, 1.807) is 6.92 Å². The predicted molar refractivity (Wildman–Crippen MR) is 116 cm³/mol. The van der Waals surface area contributed by atoms with Gasteiger partial charge in [0.2, 0.25) is 11.7 Å². The molecule has 0 atom stereocenters. The van der Waals surface area contributed by atoms with Crippen molar-refractivity contribution >= 4 is 17.4 Å². The van der Waals surface area contributed by atoms with Gasteiger partial charge in [-0.05, 0) is 32.4 Å². The highest BCUT2D eigenvalue weighted by atomic mass is 19.1. The number of carbonyl (C=O) groups excluding carboxylic acids is 1. The van der Waals surface area contributed by atoms with Crippen molar-refractivity contribution in [2.24, 2.45) is 0 Å². The standard InChI is InChI=1S/C23H21F2N5O2/c1-3-29-14(2)19(9-10-20(31)26-18-12-16(24)11-17(25)13-18)22(32)30-23(29)27-21(28-30)15-7-5-4-6-8-15/h4-8,11-13H,3,9-10H2,1-2H3,(H,26,31). The quantitative estimate of drug-likeness (QED) is 0.498. The number of carbonyl (C=O) groups is 1. The summed E-state index contributed by atoms with van der Waals surface area (Å²) in [5, 5.41) is 6.86. The zero-order valence-corrected chi connectivity index (χ0v) is 17.6. The molecule has 0 aliphatic carbocycles. The summed E-state index contributed by atoms with van der Waals surface area (Å²) >= 11 is 0. The Balaban J connectivity index is 1.63. The van der Waals surface area contributed by atoms with E-state index >= 15 is 0 Å². The second kappa shape index (κ2) is 8.70. The lowest BCUT2D eigenvalue weighted by Gasteiger charge is -2.13. The molecule has 32 heavy (non-hydrogen) atoms. The van der Waals surface area contributed by atoms with Crippen molar-refractivity contribution in [1.82, 2.24) is 19.2 Å². The van der Waals surface area contributed by atoms with Crippen LogP contribution in [0.4, 0.5) is 14.5 Å². The van der Waals surface area contributed by atoms with E-state index in [0.29, 0.717) is 29.4 Å². The first kappa shape index (κ1) is 21.4. The SMILES string of the molecule is CCn1c(C)c(CCC(=O)Nc2cc(F)cc(F)c2)c(=O)n2nc(-c3ccccc3)nc12. The maximum absolute atomic E-state index is 13.3. The molecule has 164 valence electrons. The van der Waals surface area contributed by atoms with E-state index in [4.69, 9.17) is 0 Å². The second-order valence-corrected chi connectivity index (χ2v) is 7.33. The van der Waals surface area contributed by atoms with Crippen LogP contribution in [0.2, 0.25) is 0 Å². The van der Waals surface area contributed by atoms with Gasteiger partial charge in [0.25, 0.3) is 5.56 Å². The average molecular weight is 437 g/mol. The van der Waals surface area contributed by atoms with E-state index in [9.17, 15) is 18.4 Å². The third kappa shape index (κ3) is 4.14. The van der Waals surface area contributed by atoms with Crippen molar-refractivity contribution in [3.8, 4) is 11.4 Å². The lowest BCUT2D eigenvalue weighted by molar-refractivity contribution is -0.116. The van der Waals surface area contributed by atoms with Gasteiger partial charge in [0, 0.05) is 41.5 Å². The molecule has 0 aliphatic heterocycles. The second-order valence-electron chi connectivity index (χ2n) is 7.33. The molecule has 0 spiro atoms. The first-order valence-electron chi connectivity index (χ1n) is 10.2. The number of rotatable bonds is 6. The Morgan fingerprint density at radius 1 is 1.09 bits per heavy atom. The van der Waals surface area contributed by atoms with Crippen LogP contribution in [0.25, 0.3) is 17.2 Å². The Morgan fingerprint density at radius 3 is 2.44 bits per heavy atom. The van der Waals surface area contributed by atoms with Crippen LogP contribution in [0.3, 0.4) is 0 Å². The van der Waals surface area contributed by atoms with E-state index in [2.05, 4.69) is 15.4 Å². The van der Waals surface area contributed by atoms with E-state index in [1.807, 2.05) is 41.8 Å². The Kier molecular flexibility index (Phi) is 5.81. The van der Waals surface area contributed by atoms with Gasteiger partial charge in [-0.3, -0.25) is 9.59 Å². The monoisotopic (exact) mass is 437 g/mol. The lowest BCUT2D eigenvalue weighted by Crippen LogP contribution is -2.27. The van der Waals surface area contributed by atoms with Crippen LogP contribution in [0.5, 0.6) is 0 Å². The number of halogens is 2. The number of nitrogens with one attached hydrogen (secondary N) is 1. The van der Waals surface area contributed by atoms with Crippen molar-refractivity contribution in [2.45, 2.75) is 33.2 Å². The number of benzene rings is 2. The highest BCUT2D eigenvalue weighted by Crippen LogP contribution is 2.18. The topological polar surface area (TPSA) is 81.3 Å². The summed E-state index contributed by atoms with van der Waals surface area (Å²) in [6, 6.07) is 12.1. The maximum Gasteiger partial charge on any atom is 0.279 e. The number of hydrogen-bond donors (Lipinski definition) is 1. The Bertz CT molecular complexity index is 1340. The first-order chi connectivity index (χ1) is 15.4. The minimum Gasteiger partial charge on any atom is -0.326 e. The summed E-state index contributed by atoms with van der Waals surface area (Å²) < 4.78 is 29.8. The molecule has 1 amide bonds. The fraction of sp³-hybridized carbons (Fsp3) is 0.217. The number of aromatic nitrogens is 4. The Morgan fingerprint density at radius 2 is 1.78 bits per heavy atom. The number of aryl methyl sites for hydroxylation is 1. The predicted octanol–water partition coefficient (Wildman–Crippen LogP) is 3.74. The van der Waals surface area contributed by atoms with Gasteiger partial charge in [-0.2, -0.15) is 9.50 Å². The minimum atomic E-state index is -0.784. The summed E-state index contributed by atoms with van der Waals surface area (Å²) in [4.78, 5) is 30.0. The zero-order valence-electron chi connectivity index (χ0n) is 17.6. The third-order valence-electron chi connectivity index (χ3n) is 5.22. The van der Waals surface area contributed by atoms with Crippen LogP contribution in [0.15, 0.2) is 53.3 Å². The largest absolute Gasteiger partial charge is 0.326 e. The molecular weight excluding hydrogens is 416 g/mol. The molecule has 1 N–H and O–H groups in total. The van der Waals surface area contributed by atoms with Crippen LogP contribution in [0.1, 0.15) is 24.6 Å². The van der Waals surface area contributed by atoms with Gasteiger partial charge >= 0.3 is 0 Å². The van der Waals surface area contributed by atoms with Crippen molar-refractivity contribution in [3.63, 3.8) is 0 Å². The number of amides is 1. The van der Waals surface area contributed by atoms with Crippen LogP contribution in [-0.2, 0) is 17.8 Å². The molecule has 0 saturated heterocycles. The van der Waals surface area contributed by atoms with Crippen molar-refractivity contribution < 1.29 is 13.6 Å². The molecule has 0 bridgehead atoms. The average Bonchev–Trinajstić information content (AvgIpc) is 3.19. The first-order valence-corrected chi connectivity index (χ1v) is 10.2. The number of anilines is 1.